The van der Waals surface area contributed by atoms with E-state index in [1.54, 1.807) is 13.8 Å². The predicted octanol–water partition coefficient (Wildman–Crippen LogP) is 0.0522. The van der Waals surface area contributed by atoms with Crippen molar-refractivity contribution < 1.29 is 14.3 Å². The van der Waals surface area contributed by atoms with Gasteiger partial charge >= 0.3 is 5.97 Å². The summed E-state index contributed by atoms with van der Waals surface area (Å²) in [5.74, 6) is -0.193. The fraction of sp³-hybridized carbons (Fsp3) is 0.818. The van der Waals surface area contributed by atoms with E-state index in [-0.39, 0.29) is 17.9 Å². The third-order valence-electron chi connectivity index (χ3n) is 2.81. The summed E-state index contributed by atoms with van der Waals surface area (Å²) in [7, 11) is 0. The smallest absolute Gasteiger partial charge is 0.328 e. The van der Waals surface area contributed by atoms with Crippen LogP contribution in [-0.4, -0.2) is 37.1 Å². The van der Waals surface area contributed by atoms with Crippen molar-refractivity contribution in [3.63, 3.8) is 0 Å². The molecule has 0 aromatic carbocycles. The average molecular weight is 228 g/mol. The van der Waals surface area contributed by atoms with Gasteiger partial charge in [0.15, 0.2) is 0 Å². The fourth-order valence-corrected chi connectivity index (χ4v) is 1.81. The standard InChI is InChI=1S/C11H20N2O3/c1-4-16-11(15)8(3)13-10(14)9-7(2)5-6-12-9/h7-9,12H,4-6H2,1-3H3,(H,13,14). The molecular formula is C11H20N2O3. The number of carbonyl (C=O) groups excluding carboxylic acids is 2. The normalized spacial score (nSPS) is 26.2. The van der Waals surface area contributed by atoms with Crippen LogP contribution in [0.15, 0.2) is 0 Å². The van der Waals surface area contributed by atoms with Crippen molar-refractivity contribution in [1.29, 1.82) is 0 Å². The molecule has 3 unspecified atom stereocenters. The van der Waals surface area contributed by atoms with Crippen LogP contribution in [0.3, 0.4) is 0 Å². The highest BCUT2D eigenvalue weighted by molar-refractivity contribution is 5.87. The van der Waals surface area contributed by atoms with Crippen molar-refractivity contribution in [2.24, 2.45) is 5.92 Å². The summed E-state index contributed by atoms with van der Waals surface area (Å²) in [4.78, 5) is 23.1. The molecule has 1 aliphatic rings. The Morgan fingerprint density at radius 1 is 1.56 bits per heavy atom. The third-order valence-corrected chi connectivity index (χ3v) is 2.81. The number of hydrogen-bond donors (Lipinski definition) is 2. The Morgan fingerprint density at radius 3 is 2.75 bits per heavy atom. The molecule has 0 bridgehead atoms. The Kier molecular flexibility index (Phi) is 4.73. The van der Waals surface area contributed by atoms with Crippen LogP contribution in [0.1, 0.15) is 27.2 Å². The first-order chi connectivity index (χ1) is 7.56. The first kappa shape index (κ1) is 13.0. The van der Waals surface area contributed by atoms with Crippen molar-refractivity contribution in [3.05, 3.63) is 0 Å². The molecule has 1 aliphatic heterocycles. The minimum atomic E-state index is -0.581. The van der Waals surface area contributed by atoms with Crippen molar-refractivity contribution in [2.45, 2.75) is 39.3 Å². The van der Waals surface area contributed by atoms with Gasteiger partial charge in [0.05, 0.1) is 12.6 Å². The fourth-order valence-electron chi connectivity index (χ4n) is 1.81. The summed E-state index contributed by atoms with van der Waals surface area (Å²) in [6.45, 7) is 6.59. The largest absolute Gasteiger partial charge is 0.464 e. The highest BCUT2D eigenvalue weighted by atomic mass is 16.5. The Morgan fingerprint density at radius 2 is 2.25 bits per heavy atom. The average Bonchev–Trinajstić information content (AvgIpc) is 2.64. The van der Waals surface area contributed by atoms with E-state index in [9.17, 15) is 9.59 Å². The lowest BCUT2D eigenvalue weighted by atomic mass is 10.0. The Balaban J connectivity index is 2.41. The molecule has 0 aromatic rings. The van der Waals surface area contributed by atoms with Crippen molar-refractivity contribution in [1.82, 2.24) is 10.6 Å². The lowest BCUT2D eigenvalue weighted by Crippen LogP contribution is -2.49. The molecule has 16 heavy (non-hydrogen) atoms. The molecule has 3 atom stereocenters. The van der Waals surface area contributed by atoms with E-state index in [0.717, 1.165) is 13.0 Å². The van der Waals surface area contributed by atoms with Crippen LogP contribution >= 0.6 is 0 Å². The molecule has 0 radical (unpaired) electrons. The zero-order valence-corrected chi connectivity index (χ0v) is 10.1. The highest BCUT2D eigenvalue weighted by Gasteiger charge is 2.30. The number of esters is 1. The van der Waals surface area contributed by atoms with E-state index in [1.807, 2.05) is 6.92 Å². The summed E-state index contributed by atoms with van der Waals surface area (Å²) >= 11 is 0. The van der Waals surface area contributed by atoms with Crippen LogP contribution in [-0.2, 0) is 14.3 Å². The molecule has 0 spiro atoms. The number of carbonyl (C=O) groups is 2. The van der Waals surface area contributed by atoms with Gasteiger partial charge in [0.1, 0.15) is 6.04 Å². The molecule has 0 saturated carbocycles. The number of amides is 1. The number of hydrogen-bond acceptors (Lipinski definition) is 4. The Labute approximate surface area is 95.9 Å². The van der Waals surface area contributed by atoms with Crippen LogP contribution in [0.4, 0.5) is 0 Å². The molecule has 1 saturated heterocycles. The van der Waals surface area contributed by atoms with Gasteiger partial charge in [-0.1, -0.05) is 6.92 Å². The molecular weight excluding hydrogens is 208 g/mol. The van der Waals surface area contributed by atoms with Crippen LogP contribution in [0.25, 0.3) is 0 Å². The number of rotatable bonds is 4. The first-order valence-electron chi connectivity index (χ1n) is 5.76. The molecule has 0 aliphatic carbocycles. The van der Waals surface area contributed by atoms with E-state index in [2.05, 4.69) is 10.6 Å². The molecule has 1 amide bonds. The summed E-state index contributed by atoms with van der Waals surface area (Å²) < 4.78 is 4.82. The lowest BCUT2D eigenvalue weighted by molar-refractivity contribution is -0.147. The second kappa shape index (κ2) is 5.84. The van der Waals surface area contributed by atoms with Crippen LogP contribution in [0.2, 0.25) is 0 Å². The molecule has 1 rings (SSSR count). The lowest BCUT2D eigenvalue weighted by Gasteiger charge is -2.18. The van der Waals surface area contributed by atoms with Crippen LogP contribution in [0, 0.1) is 5.92 Å². The zero-order valence-electron chi connectivity index (χ0n) is 10.1. The number of ether oxygens (including phenoxy) is 1. The van der Waals surface area contributed by atoms with Gasteiger partial charge in [0.2, 0.25) is 5.91 Å². The maximum absolute atomic E-state index is 11.8. The molecule has 2 N–H and O–H groups in total. The van der Waals surface area contributed by atoms with E-state index in [0.29, 0.717) is 12.5 Å². The topological polar surface area (TPSA) is 67.4 Å². The maximum Gasteiger partial charge on any atom is 0.328 e. The predicted molar refractivity (Wildman–Crippen MR) is 59.8 cm³/mol. The van der Waals surface area contributed by atoms with Gasteiger partial charge in [-0.15, -0.1) is 0 Å². The third kappa shape index (κ3) is 3.20. The van der Waals surface area contributed by atoms with Crippen LogP contribution in [0.5, 0.6) is 0 Å². The van der Waals surface area contributed by atoms with Crippen molar-refractivity contribution >= 4 is 11.9 Å². The SMILES string of the molecule is CCOC(=O)C(C)NC(=O)C1NCCC1C. The minimum Gasteiger partial charge on any atom is -0.464 e. The van der Waals surface area contributed by atoms with E-state index < -0.39 is 6.04 Å². The highest BCUT2D eigenvalue weighted by Crippen LogP contribution is 2.14. The molecule has 0 aromatic heterocycles. The first-order valence-corrected chi connectivity index (χ1v) is 5.76. The van der Waals surface area contributed by atoms with Gasteiger partial charge in [0, 0.05) is 0 Å². The second-order valence-corrected chi connectivity index (χ2v) is 4.18. The molecule has 92 valence electrons. The Hall–Kier alpha value is -1.10. The second-order valence-electron chi connectivity index (χ2n) is 4.18. The summed E-state index contributed by atoms with van der Waals surface area (Å²) in [5.41, 5.74) is 0. The monoisotopic (exact) mass is 228 g/mol. The van der Waals surface area contributed by atoms with Crippen molar-refractivity contribution in [3.8, 4) is 0 Å². The molecule has 5 heteroatoms. The van der Waals surface area contributed by atoms with E-state index >= 15 is 0 Å². The summed E-state index contributed by atoms with van der Waals surface area (Å²) in [6, 6.07) is -0.765. The van der Waals surface area contributed by atoms with E-state index in [1.165, 1.54) is 0 Å². The zero-order chi connectivity index (χ0) is 12.1. The summed E-state index contributed by atoms with van der Waals surface area (Å²) in [6.07, 6.45) is 0.992. The van der Waals surface area contributed by atoms with Gasteiger partial charge in [-0.05, 0) is 32.7 Å². The summed E-state index contributed by atoms with van der Waals surface area (Å²) in [5, 5.41) is 5.78. The minimum absolute atomic E-state index is 0.120. The molecule has 5 nitrogen and oxygen atoms in total. The van der Waals surface area contributed by atoms with Gasteiger partial charge in [0.25, 0.3) is 0 Å². The molecule has 1 fully saturated rings. The van der Waals surface area contributed by atoms with Gasteiger partial charge in [-0.2, -0.15) is 0 Å². The molecule has 1 heterocycles. The van der Waals surface area contributed by atoms with Gasteiger partial charge in [-0.3, -0.25) is 4.79 Å². The maximum atomic E-state index is 11.8. The quantitative estimate of drug-likeness (QED) is 0.667. The van der Waals surface area contributed by atoms with E-state index in [4.69, 9.17) is 4.74 Å². The van der Waals surface area contributed by atoms with Gasteiger partial charge < -0.3 is 15.4 Å². The van der Waals surface area contributed by atoms with Gasteiger partial charge in [-0.25, -0.2) is 4.79 Å². The Bertz CT molecular complexity index is 268. The van der Waals surface area contributed by atoms with Crippen LogP contribution < -0.4 is 10.6 Å². The van der Waals surface area contributed by atoms with Crippen molar-refractivity contribution in [2.75, 3.05) is 13.2 Å². The number of nitrogens with one attached hydrogen (secondary N) is 2.